The molecule has 1 aromatic carbocycles. The van der Waals surface area contributed by atoms with Gasteiger partial charge in [0.2, 0.25) is 23.6 Å². The highest BCUT2D eigenvalue weighted by Crippen LogP contribution is 2.47. The highest BCUT2D eigenvalue weighted by Gasteiger charge is 2.56. The quantitative estimate of drug-likeness (QED) is 0.299. The number of carbonyl (C=O) groups excluding carboxylic acids is 3. The minimum absolute atomic E-state index is 0.0395. The van der Waals surface area contributed by atoms with Crippen molar-refractivity contribution in [3.8, 4) is 11.6 Å². The molecule has 0 bridgehead atoms. The van der Waals surface area contributed by atoms with Gasteiger partial charge in [-0.05, 0) is 74.6 Å². The largest absolute Gasteiger partial charge is 0.434 e. The zero-order chi connectivity index (χ0) is 31.4. The summed E-state index contributed by atoms with van der Waals surface area (Å²) in [4.78, 5) is 46.6. The predicted octanol–water partition coefficient (Wildman–Crippen LogP) is 5.34. The van der Waals surface area contributed by atoms with Crippen LogP contribution < -0.4 is 20.7 Å². The van der Waals surface area contributed by atoms with Crippen molar-refractivity contribution in [1.82, 2.24) is 19.9 Å². The Morgan fingerprint density at radius 1 is 1.07 bits per heavy atom. The van der Waals surface area contributed by atoms with Crippen molar-refractivity contribution in [1.29, 1.82) is 0 Å². The Kier molecular flexibility index (Phi) is 8.70. The molecule has 2 fully saturated rings. The summed E-state index contributed by atoms with van der Waals surface area (Å²) in [5.41, 5.74) is 1.68. The summed E-state index contributed by atoms with van der Waals surface area (Å²) in [7, 11) is 1.69. The molecule has 3 aliphatic carbocycles. The number of carbonyl (C=O) groups is 3. The van der Waals surface area contributed by atoms with Gasteiger partial charge in [0.25, 0.3) is 0 Å². The number of anilines is 2. The fraction of sp³-hybridized carbons (Fsp3) is 0.312. The van der Waals surface area contributed by atoms with E-state index in [1.807, 2.05) is 26.8 Å². The molecule has 6 rings (SSSR count). The van der Waals surface area contributed by atoms with Gasteiger partial charge >= 0.3 is 0 Å². The van der Waals surface area contributed by atoms with Crippen LogP contribution in [-0.2, 0) is 14.4 Å². The molecule has 0 saturated heterocycles. The van der Waals surface area contributed by atoms with Crippen molar-refractivity contribution in [3.05, 3.63) is 77.9 Å². The number of aromatic nitrogens is 3. The van der Waals surface area contributed by atoms with Crippen LogP contribution >= 0.6 is 0 Å². The van der Waals surface area contributed by atoms with Crippen LogP contribution in [0.4, 0.5) is 15.9 Å². The molecule has 228 valence electrons. The lowest BCUT2D eigenvalue weighted by Gasteiger charge is -2.18. The molecule has 0 spiro atoms. The van der Waals surface area contributed by atoms with Crippen LogP contribution in [0.3, 0.4) is 0 Å². The third kappa shape index (κ3) is 6.43. The lowest BCUT2D eigenvalue weighted by molar-refractivity contribution is -0.133. The first-order valence-electron chi connectivity index (χ1n) is 14.6. The minimum atomic E-state index is -1.23. The van der Waals surface area contributed by atoms with Gasteiger partial charge in [-0.25, -0.2) is 13.9 Å². The molecule has 0 radical (unpaired) electrons. The SMILES string of the molecule is C/C=C1/C=C(NC(=O)C2(C(=O)Nc3ccc(Oc4ccc5nc(NC(=O)C6CC6)cn5n4)c(F)c3)CC2)C=CC1=NC.CC. The highest BCUT2D eigenvalue weighted by molar-refractivity contribution is 6.14. The molecule has 11 nitrogen and oxygen atoms in total. The van der Waals surface area contributed by atoms with Gasteiger partial charge in [-0.1, -0.05) is 19.9 Å². The molecule has 44 heavy (non-hydrogen) atoms. The number of nitrogens with one attached hydrogen (secondary N) is 3. The zero-order valence-corrected chi connectivity index (χ0v) is 25.0. The molecule has 0 unspecified atom stereocenters. The summed E-state index contributed by atoms with van der Waals surface area (Å²) in [6.45, 7) is 5.88. The van der Waals surface area contributed by atoms with Gasteiger partial charge < -0.3 is 20.7 Å². The van der Waals surface area contributed by atoms with Crippen LogP contribution in [0.1, 0.15) is 46.5 Å². The number of allylic oxidation sites excluding steroid dienone is 5. The summed E-state index contributed by atoms with van der Waals surface area (Å²) >= 11 is 0. The van der Waals surface area contributed by atoms with E-state index in [4.69, 9.17) is 4.74 Å². The third-order valence-electron chi connectivity index (χ3n) is 7.36. The van der Waals surface area contributed by atoms with Crippen molar-refractivity contribution >= 4 is 40.6 Å². The monoisotopic (exact) mass is 599 g/mol. The summed E-state index contributed by atoms with van der Waals surface area (Å²) in [6, 6.07) is 7.15. The van der Waals surface area contributed by atoms with Crippen LogP contribution in [0, 0.1) is 17.2 Å². The van der Waals surface area contributed by atoms with Crippen LogP contribution in [0.5, 0.6) is 11.6 Å². The van der Waals surface area contributed by atoms with Gasteiger partial charge in [0, 0.05) is 36.5 Å². The molecular weight excluding hydrogens is 565 g/mol. The maximum atomic E-state index is 15.0. The van der Waals surface area contributed by atoms with Crippen molar-refractivity contribution in [2.24, 2.45) is 16.3 Å². The summed E-state index contributed by atoms with van der Waals surface area (Å²) < 4.78 is 22.0. The number of amides is 3. The van der Waals surface area contributed by atoms with Gasteiger partial charge in [-0.3, -0.25) is 19.4 Å². The fourth-order valence-electron chi connectivity index (χ4n) is 4.58. The highest BCUT2D eigenvalue weighted by atomic mass is 19.1. The van der Waals surface area contributed by atoms with Crippen molar-refractivity contribution < 1.29 is 23.5 Å². The summed E-state index contributed by atoms with van der Waals surface area (Å²) in [5, 5.41) is 12.5. The second-order valence-electron chi connectivity index (χ2n) is 10.4. The molecule has 0 aliphatic heterocycles. The predicted molar refractivity (Wildman–Crippen MR) is 165 cm³/mol. The normalized spacial score (nSPS) is 18.2. The number of imidazole rings is 1. The zero-order valence-electron chi connectivity index (χ0n) is 25.0. The van der Waals surface area contributed by atoms with Gasteiger partial charge in [0.15, 0.2) is 23.0 Å². The topological polar surface area (TPSA) is 139 Å². The smallest absolute Gasteiger partial charge is 0.240 e. The Hall–Kier alpha value is -5.13. The van der Waals surface area contributed by atoms with Crippen molar-refractivity contribution in [2.45, 2.75) is 46.5 Å². The average molecular weight is 600 g/mol. The Balaban J connectivity index is 0.00000188. The van der Waals surface area contributed by atoms with Crippen LogP contribution in [0.15, 0.2) is 77.1 Å². The van der Waals surface area contributed by atoms with E-state index in [-0.39, 0.29) is 29.1 Å². The van der Waals surface area contributed by atoms with Crippen LogP contribution in [0.2, 0.25) is 0 Å². The maximum absolute atomic E-state index is 15.0. The molecule has 0 atom stereocenters. The summed E-state index contributed by atoms with van der Waals surface area (Å²) in [5.74, 6) is -1.30. The second-order valence-corrected chi connectivity index (χ2v) is 10.4. The van der Waals surface area contributed by atoms with E-state index in [0.29, 0.717) is 30.0 Å². The van der Waals surface area contributed by atoms with Gasteiger partial charge in [0.1, 0.15) is 5.41 Å². The Bertz CT molecular complexity index is 1750. The number of nitrogens with zero attached hydrogens (tertiary/aromatic N) is 4. The van der Waals surface area contributed by atoms with E-state index in [2.05, 4.69) is 31.0 Å². The van der Waals surface area contributed by atoms with Crippen molar-refractivity contribution in [2.75, 3.05) is 17.7 Å². The Morgan fingerprint density at radius 3 is 2.48 bits per heavy atom. The molecule has 3 amide bonds. The van der Waals surface area contributed by atoms with E-state index in [9.17, 15) is 18.8 Å². The van der Waals surface area contributed by atoms with Gasteiger partial charge in [0.05, 0.1) is 11.9 Å². The molecule has 3 N–H and O–H groups in total. The Labute approximate surface area is 254 Å². The molecule has 12 heteroatoms. The number of benzene rings is 1. The summed E-state index contributed by atoms with van der Waals surface area (Å²) in [6.07, 6.45) is 11.3. The molecule has 2 heterocycles. The maximum Gasteiger partial charge on any atom is 0.240 e. The third-order valence-corrected chi connectivity index (χ3v) is 7.36. The van der Waals surface area contributed by atoms with Crippen LogP contribution in [0.25, 0.3) is 5.65 Å². The average Bonchev–Trinajstić information content (AvgIpc) is 3.96. The first kappa shape index (κ1) is 30.3. The Morgan fingerprint density at radius 2 is 1.82 bits per heavy atom. The van der Waals surface area contributed by atoms with Gasteiger partial charge in [-0.2, -0.15) is 0 Å². The number of hydrogen-bond donors (Lipinski definition) is 3. The number of ether oxygens (including phenoxy) is 1. The molecular formula is C32H34FN7O4. The standard InChI is InChI=1S/C30H28FN7O4.C2H6/c1-3-17-14-19(6-8-22(17)32-2)33-28(40)30(12-13-30)29(41)34-20-7-9-23(21(31)15-20)42-26-11-10-25-35-24(16-38(25)37-26)36-27(39)18-4-5-18;1-2/h3,6-11,14-16,18H,4-5,12-13H2,1-2H3,(H,33,40)(H,34,41)(H,36,39);1-2H3/b17-3-,32-22?;. The molecule has 2 saturated carbocycles. The number of aliphatic imine (C=N–C) groups is 1. The molecule has 3 aromatic rings. The number of rotatable bonds is 8. The van der Waals surface area contributed by atoms with Gasteiger partial charge in [-0.15, -0.1) is 5.10 Å². The van der Waals surface area contributed by atoms with E-state index in [1.165, 1.54) is 22.7 Å². The fourth-order valence-corrected chi connectivity index (χ4v) is 4.58. The van der Waals surface area contributed by atoms with E-state index in [1.54, 1.807) is 37.5 Å². The van der Waals surface area contributed by atoms with E-state index in [0.717, 1.165) is 30.2 Å². The number of fused-ring (bicyclic) bond motifs is 1. The first-order chi connectivity index (χ1) is 21.3. The minimum Gasteiger partial charge on any atom is -0.434 e. The first-order valence-corrected chi connectivity index (χ1v) is 14.6. The number of hydrogen-bond acceptors (Lipinski definition) is 7. The lowest BCUT2D eigenvalue weighted by atomic mass is 10.0. The van der Waals surface area contributed by atoms with Crippen molar-refractivity contribution in [3.63, 3.8) is 0 Å². The second kappa shape index (κ2) is 12.6. The van der Waals surface area contributed by atoms with Crippen LogP contribution in [-0.4, -0.2) is 45.1 Å². The molecule has 3 aliphatic rings. The van der Waals surface area contributed by atoms with E-state index < -0.39 is 23.0 Å². The number of halogens is 1. The van der Waals surface area contributed by atoms with E-state index >= 15 is 0 Å². The molecule has 2 aromatic heterocycles. The lowest BCUT2D eigenvalue weighted by Crippen LogP contribution is -2.39.